The van der Waals surface area contributed by atoms with Crippen molar-refractivity contribution in [1.29, 1.82) is 0 Å². The van der Waals surface area contributed by atoms with Crippen molar-refractivity contribution in [3.05, 3.63) is 57.5 Å². The van der Waals surface area contributed by atoms with E-state index in [2.05, 4.69) is 40.4 Å². The lowest BCUT2D eigenvalue weighted by Gasteiger charge is -2.12. The van der Waals surface area contributed by atoms with E-state index < -0.39 is 0 Å². The van der Waals surface area contributed by atoms with E-state index in [1.54, 1.807) is 36.4 Å². The maximum atomic E-state index is 12.4. The van der Waals surface area contributed by atoms with Gasteiger partial charge < -0.3 is 10.1 Å². The number of carbonyl (C=O) groups is 1. The van der Waals surface area contributed by atoms with Crippen molar-refractivity contribution in [2.75, 3.05) is 11.9 Å². The van der Waals surface area contributed by atoms with E-state index in [-0.39, 0.29) is 11.0 Å². The SMILES string of the molecule is CC(C)CCOc1ccc(C(=O)NC(=S)Nc2cccc(Cl)c2)cc1Br. The minimum absolute atomic E-state index is 0.200. The van der Waals surface area contributed by atoms with Crippen LogP contribution < -0.4 is 15.4 Å². The summed E-state index contributed by atoms with van der Waals surface area (Å²) in [5.74, 6) is 0.979. The zero-order chi connectivity index (χ0) is 19.1. The van der Waals surface area contributed by atoms with Gasteiger partial charge in [-0.05, 0) is 76.9 Å². The number of halogens is 2. The number of nitrogens with one attached hydrogen (secondary N) is 2. The van der Waals surface area contributed by atoms with Crippen molar-refractivity contribution in [3.63, 3.8) is 0 Å². The van der Waals surface area contributed by atoms with Gasteiger partial charge >= 0.3 is 0 Å². The molecule has 0 unspecified atom stereocenters. The van der Waals surface area contributed by atoms with Gasteiger partial charge in [-0.1, -0.05) is 31.5 Å². The smallest absolute Gasteiger partial charge is 0.257 e. The number of hydrogen-bond donors (Lipinski definition) is 2. The predicted octanol–water partition coefficient (Wildman–Crippen LogP) is 5.65. The average molecular weight is 456 g/mol. The van der Waals surface area contributed by atoms with Crippen LogP contribution in [0, 0.1) is 5.92 Å². The van der Waals surface area contributed by atoms with Gasteiger partial charge in [0.25, 0.3) is 5.91 Å². The first-order valence-electron chi connectivity index (χ1n) is 8.15. The Morgan fingerprint density at radius 2 is 2.04 bits per heavy atom. The van der Waals surface area contributed by atoms with Crippen LogP contribution >= 0.6 is 39.7 Å². The molecule has 0 heterocycles. The lowest BCUT2D eigenvalue weighted by Crippen LogP contribution is -2.34. The highest BCUT2D eigenvalue weighted by atomic mass is 79.9. The first-order valence-corrected chi connectivity index (χ1v) is 9.73. The maximum Gasteiger partial charge on any atom is 0.257 e. The Morgan fingerprint density at radius 3 is 2.69 bits per heavy atom. The molecule has 0 fully saturated rings. The van der Waals surface area contributed by atoms with Gasteiger partial charge in [-0.25, -0.2) is 0 Å². The molecule has 1 amide bonds. The Hall–Kier alpha value is -1.63. The van der Waals surface area contributed by atoms with E-state index in [0.29, 0.717) is 34.5 Å². The molecule has 0 saturated carbocycles. The molecule has 0 aliphatic heterocycles. The third-order valence-electron chi connectivity index (χ3n) is 3.46. The lowest BCUT2D eigenvalue weighted by atomic mass is 10.1. The van der Waals surface area contributed by atoms with E-state index in [1.807, 2.05) is 6.07 Å². The summed E-state index contributed by atoms with van der Waals surface area (Å²) in [6.45, 7) is 4.92. The van der Waals surface area contributed by atoms with Crippen molar-refractivity contribution in [3.8, 4) is 5.75 Å². The third kappa shape index (κ3) is 6.59. The standard InChI is InChI=1S/C19H20BrClN2O2S/c1-12(2)8-9-25-17-7-6-13(10-16(17)20)18(24)23-19(26)22-15-5-3-4-14(21)11-15/h3-7,10-12H,8-9H2,1-2H3,(H2,22,23,24,26). The quantitative estimate of drug-likeness (QED) is 0.552. The number of rotatable bonds is 6. The molecule has 0 atom stereocenters. The summed E-state index contributed by atoms with van der Waals surface area (Å²) >= 11 is 14.5. The van der Waals surface area contributed by atoms with E-state index in [0.717, 1.165) is 10.9 Å². The van der Waals surface area contributed by atoms with Crippen molar-refractivity contribution in [1.82, 2.24) is 5.32 Å². The molecular weight excluding hydrogens is 436 g/mol. The molecule has 138 valence electrons. The van der Waals surface area contributed by atoms with Gasteiger partial charge in [0.1, 0.15) is 5.75 Å². The first kappa shape index (κ1) is 20.7. The van der Waals surface area contributed by atoms with Crippen LogP contribution in [0.3, 0.4) is 0 Å². The molecule has 0 aromatic heterocycles. The van der Waals surface area contributed by atoms with Gasteiger partial charge in [-0.3, -0.25) is 10.1 Å². The third-order valence-corrected chi connectivity index (χ3v) is 4.52. The number of hydrogen-bond acceptors (Lipinski definition) is 3. The Labute approximate surface area is 172 Å². The van der Waals surface area contributed by atoms with Crippen molar-refractivity contribution < 1.29 is 9.53 Å². The summed E-state index contributed by atoms with van der Waals surface area (Å²) in [5, 5.41) is 6.36. The second kappa shape index (κ2) is 9.90. The summed E-state index contributed by atoms with van der Waals surface area (Å²) in [5.41, 5.74) is 1.18. The fraction of sp³-hybridized carbons (Fsp3) is 0.263. The number of thiocarbonyl (C=S) groups is 1. The van der Waals surface area contributed by atoms with Gasteiger partial charge in [0.05, 0.1) is 11.1 Å². The highest BCUT2D eigenvalue weighted by Crippen LogP contribution is 2.26. The van der Waals surface area contributed by atoms with Crippen LogP contribution in [0.15, 0.2) is 46.9 Å². The summed E-state index contributed by atoms with van der Waals surface area (Å²) < 4.78 is 6.45. The molecule has 0 aliphatic carbocycles. The second-order valence-electron chi connectivity index (χ2n) is 6.09. The van der Waals surface area contributed by atoms with Crippen molar-refractivity contribution in [2.45, 2.75) is 20.3 Å². The normalized spacial score (nSPS) is 10.5. The van der Waals surface area contributed by atoms with Gasteiger partial charge in [0, 0.05) is 16.3 Å². The van der Waals surface area contributed by atoms with Gasteiger partial charge in [-0.2, -0.15) is 0 Å². The number of benzene rings is 2. The summed E-state index contributed by atoms with van der Waals surface area (Å²) in [6.07, 6.45) is 0.970. The topological polar surface area (TPSA) is 50.4 Å². The molecule has 7 heteroatoms. The van der Waals surface area contributed by atoms with Crippen molar-refractivity contribution in [2.24, 2.45) is 5.92 Å². The minimum atomic E-state index is -0.307. The predicted molar refractivity (Wildman–Crippen MR) is 114 cm³/mol. The van der Waals surface area contributed by atoms with Crippen LogP contribution in [0.4, 0.5) is 5.69 Å². The van der Waals surface area contributed by atoms with Gasteiger partial charge in [0.15, 0.2) is 5.11 Å². The largest absolute Gasteiger partial charge is 0.492 e. The molecule has 2 aromatic carbocycles. The zero-order valence-corrected chi connectivity index (χ0v) is 17.7. The van der Waals surface area contributed by atoms with E-state index in [9.17, 15) is 4.79 Å². The molecule has 0 aliphatic rings. The van der Waals surface area contributed by atoms with E-state index >= 15 is 0 Å². The van der Waals surface area contributed by atoms with Crippen molar-refractivity contribution >= 4 is 56.5 Å². The van der Waals surface area contributed by atoms with Gasteiger partial charge in [0.2, 0.25) is 0 Å². The number of anilines is 1. The molecule has 0 bridgehead atoms. The highest BCUT2D eigenvalue weighted by Gasteiger charge is 2.11. The van der Waals surface area contributed by atoms with Crippen LogP contribution in [-0.4, -0.2) is 17.6 Å². The molecule has 26 heavy (non-hydrogen) atoms. The Kier molecular flexibility index (Phi) is 7.87. The molecule has 2 rings (SSSR count). The lowest BCUT2D eigenvalue weighted by molar-refractivity contribution is 0.0977. The molecule has 2 N–H and O–H groups in total. The monoisotopic (exact) mass is 454 g/mol. The molecule has 4 nitrogen and oxygen atoms in total. The molecule has 0 saturated heterocycles. The number of ether oxygens (including phenoxy) is 1. The molecule has 0 radical (unpaired) electrons. The van der Waals surface area contributed by atoms with Crippen LogP contribution in [0.1, 0.15) is 30.6 Å². The molecule has 0 spiro atoms. The Bertz CT molecular complexity index is 799. The second-order valence-corrected chi connectivity index (χ2v) is 7.79. The minimum Gasteiger partial charge on any atom is -0.492 e. The van der Waals surface area contributed by atoms with Crippen LogP contribution in [0.5, 0.6) is 5.75 Å². The summed E-state index contributed by atoms with van der Waals surface area (Å²) in [6, 6.07) is 12.3. The summed E-state index contributed by atoms with van der Waals surface area (Å²) in [4.78, 5) is 12.4. The molecular formula is C19H20BrClN2O2S. The zero-order valence-electron chi connectivity index (χ0n) is 14.5. The number of carbonyl (C=O) groups excluding carboxylic acids is 1. The molecule has 2 aromatic rings. The van der Waals surface area contributed by atoms with Gasteiger partial charge in [-0.15, -0.1) is 0 Å². The van der Waals surface area contributed by atoms with E-state index in [1.165, 1.54) is 0 Å². The maximum absolute atomic E-state index is 12.4. The Balaban J connectivity index is 1.94. The number of amides is 1. The van der Waals surface area contributed by atoms with Crippen LogP contribution in [-0.2, 0) is 0 Å². The highest BCUT2D eigenvalue weighted by molar-refractivity contribution is 9.10. The van der Waals surface area contributed by atoms with E-state index in [4.69, 9.17) is 28.6 Å². The fourth-order valence-corrected chi connectivity index (χ4v) is 2.96. The van der Waals surface area contributed by atoms with Crippen LogP contribution in [0.25, 0.3) is 0 Å². The fourth-order valence-electron chi connectivity index (χ4n) is 2.07. The first-order chi connectivity index (χ1) is 12.3. The van der Waals surface area contributed by atoms with Crippen LogP contribution in [0.2, 0.25) is 5.02 Å². The summed E-state index contributed by atoms with van der Waals surface area (Å²) in [7, 11) is 0. The average Bonchev–Trinajstić information content (AvgIpc) is 2.55. The Morgan fingerprint density at radius 1 is 1.27 bits per heavy atom.